The number of aliphatic hydroxyl groups excluding tert-OH is 1. The van der Waals surface area contributed by atoms with Crippen LogP contribution < -0.4 is 5.32 Å². The second kappa shape index (κ2) is 9.08. The molecule has 142 valence electrons. The Hall–Kier alpha value is -1.57. The van der Waals surface area contributed by atoms with Gasteiger partial charge in [0.05, 0.1) is 10.6 Å². The molecule has 4 rings (SSSR count). The Morgan fingerprint density at radius 3 is 2.81 bits per heavy atom. The van der Waals surface area contributed by atoms with Crippen LogP contribution in [0.3, 0.4) is 0 Å². The predicted molar refractivity (Wildman–Crippen MR) is 113 cm³/mol. The summed E-state index contributed by atoms with van der Waals surface area (Å²) in [7, 11) is 0. The number of thiazole rings is 1. The molecule has 1 aromatic carbocycles. The summed E-state index contributed by atoms with van der Waals surface area (Å²) < 4.78 is 0. The molecule has 2 atom stereocenters. The lowest BCUT2D eigenvalue weighted by molar-refractivity contribution is 0.0848. The summed E-state index contributed by atoms with van der Waals surface area (Å²) in [6.45, 7) is 3.93. The number of nitrogens with one attached hydrogen (secondary N) is 1. The van der Waals surface area contributed by atoms with E-state index < -0.39 is 0 Å². The molecule has 2 aromatic heterocycles. The fraction of sp³-hybridized carbons (Fsp3) is 0.381. The van der Waals surface area contributed by atoms with Gasteiger partial charge in [-0.15, -0.1) is 22.7 Å². The number of thiophene rings is 1. The Morgan fingerprint density at radius 1 is 1.15 bits per heavy atom. The molecule has 0 saturated carbocycles. The summed E-state index contributed by atoms with van der Waals surface area (Å²) in [5, 5.41) is 18.9. The topological polar surface area (TPSA) is 48.4 Å². The van der Waals surface area contributed by atoms with Crippen molar-refractivity contribution in [1.29, 1.82) is 0 Å². The van der Waals surface area contributed by atoms with Gasteiger partial charge in [-0.05, 0) is 30.0 Å². The maximum absolute atomic E-state index is 9.89. The number of hydrogen-bond donors (Lipinski definition) is 2. The van der Waals surface area contributed by atoms with Crippen LogP contribution in [0.1, 0.15) is 17.7 Å². The molecule has 4 nitrogen and oxygen atoms in total. The highest BCUT2D eigenvalue weighted by Crippen LogP contribution is 2.28. The Kier molecular flexibility index (Phi) is 6.32. The fourth-order valence-electron chi connectivity index (χ4n) is 3.68. The average Bonchev–Trinajstić information content (AvgIpc) is 3.39. The summed E-state index contributed by atoms with van der Waals surface area (Å²) in [6, 6.07) is 15.1. The van der Waals surface area contributed by atoms with Gasteiger partial charge >= 0.3 is 0 Å². The number of nitrogens with zero attached hydrogens (tertiary/aromatic N) is 2. The minimum absolute atomic E-state index is 0.223. The van der Waals surface area contributed by atoms with Crippen molar-refractivity contribution in [2.24, 2.45) is 5.92 Å². The van der Waals surface area contributed by atoms with Crippen LogP contribution in [0, 0.1) is 5.92 Å². The van der Waals surface area contributed by atoms with Gasteiger partial charge in [0.1, 0.15) is 5.01 Å². The van der Waals surface area contributed by atoms with Crippen molar-refractivity contribution in [3.8, 4) is 9.88 Å². The standard InChI is InChI=1S/C21H25N3OS2/c25-14-17-13-24(12-16-5-2-1-3-6-16)9-8-19(17)22-11-18-15-27-21(23-18)20-7-4-10-26-20/h1-7,10,15,17,19,22,25H,8-9,11-14H2/t17-,19-/m1/s1. The van der Waals surface area contributed by atoms with Crippen LogP contribution in [0.25, 0.3) is 9.88 Å². The molecule has 0 amide bonds. The van der Waals surface area contributed by atoms with Gasteiger partial charge in [0.15, 0.2) is 0 Å². The highest BCUT2D eigenvalue weighted by Gasteiger charge is 2.28. The molecule has 0 unspecified atom stereocenters. The number of rotatable bonds is 7. The molecule has 1 saturated heterocycles. The highest BCUT2D eigenvalue weighted by molar-refractivity contribution is 7.20. The van der Waals surface area contributed by atoms with E-state index in [1.807, 2.05) is 0 Å². The largest absolute Gasteiger partial charge is 0.396 e. The minimum atomic E-state index is 0.223. The number of hydrogen-bond acceptors (Lipinski definition) is 6. The lowest BCUT2D eigenvalue weighted by Crippen LogP contribution is -2.50. The number of benzene rings is 1. The summed E-state index contributed by atoms with van der Waals surface area (Å²) >= 11 is 3.43. The lowest BCUT2D eigenvalue weighted by Gasteiger charge is -2.38. The first-order chi connectivity index (χ1) is 13.3. The molecule has 1 fully saturated rings. The quantitative estimate of drug-likeness (QED) is 0.634. The molecule has 0 aliphatic carbocycles. The molecule has 1 aliphatic heterocycles. The third kappa shape index (κ3) is 4.83. The van der Waals surface area contributed by atoms with Gasteiger partial charge in [-0.3, -0.25) is 4.90 Å². The molecule has 3 aromatic rings. The van der Waals surface area contributed by atoms with E-state index in [-0.39, 0.29) is 12.5 Å². The van der Waals surface area contributed by atoms with E-state index in [1.54, 1.807) is 22.7 Å². The zero-order chi connectivity index (χ0) is 18.5. The van der Waals surface area contributed by atoms with Crippen molar-refractivity contribution in [1.82, 2.24) is 15.2 Å². The number of likely N-dealkylation sites (tertiary alicyclic amines) is 1. The van der Waals surface area contributed by atoms with Crippen LogP contribution in [0.15, 0.2) is 53.2 Å². The van der Waals surface area contributed by atoms with E-state index in [4.69, 9.17) is 4.98 Å². The zero-order valence-corrected chi connectivity index (χ0v) is 16.9. The van der Waals surface area contributed by atoms with Crippen molar-refractivity contribution >= 4 is 22.7 Å². The molecule has 0 bridgehead atoms. The van der Waals surface area contributed by atoms with Crippen LogP contribution in [-0.4, -0.2) is 40.7 Å². The van der Waals surface area contributed by atoms with Crippen molar-refractivity contribution < 1.29 is 5.11 Å². The fourth-order valence-corrected chi connectivity index (χ4v) is 5.32. The van der Waals surface area contributed by atoms with Crippen LogP contribution in [0.4, 0.5) is 0 Å². The Bertz CT molecular complexity index is 819. The Balaban J connectivity index is 1.30. The molecule has 27 heavy (non-hydrogen) atoms. The summed E-state index contributed by atoms with van der Waals surface area (Å²) in [4.78, 5) is 8.43. The SMILES string of the molecule is OC[C@H]1CN(Cc2ccccc2)CC[C@H]1NCc1csc(-c2cccs2)n1. The van der Waals surface area contributed by atoms with Crippen LogP contribution >= 0.6 is 22.7 Å². The third-order valence-electron chi connectivity index (χ3n) is 5.13. The Morgan fingerprint density at radius 2 is 2.04 bits per heavy atom. The average molecular weight is 400 g/mol. The first-order valence-corrected chi connectivity index (χ1v) is 11.2. The van der Waals surface area contributed by atoms with Gasteiger partial charge in [0, 0.05) is 43.6 Å². The lowest BCUT2D eigenvalue weighted by atomic mass is 9.92. The summed E-state index contributed by atoms with van der Waals surface area (Å²) in [5.74, 6) is 0.262. The molecule has 3 heterocycles. The highest BCUT2D eigenvalue weighted by atomic mass is 32.1. The van der Waals surface area contributed by atoms with Gasteiger partial charge in [0.25, 0.3) is 0 Å². The van der Waals surface area contributed by atoms with E-state index >= 15 is 0 Å². The molecule has 1 aliphatic rings. The van der Waals surface area contributed by atoms with Crippen molar-refractivity contribution in [2.45, 2.75) is 25.6 Å². The normalized spacial score (nSPS) is 20.8. The molecule has 0 radical (unpaired) electrons. The van der Waals surface area contributed by atoms with Gasteiger partial charge in [-0.1, -0.05) is 36.4 Å². The van der Waals surface area contributed by atoms with E-state index in [0.717, 1.165) is 43.3 Å². The van der Waals surface area contributed by atoms with E-state index in [0.29, 0.717) is 6.04 Å². The monoisotopic (exact) mass is 399 g/mol. The zero-order valence-electron chi connectivity index (χ0n) is 15.3. The first-order valence-electron chi connectivity index (χ1n) is 9.40. The second-order valence-corrected chi connectivity index (χ2v) is 8.87. The Labute approximate surface area is 168 Å². The van der Waals surface area contributed by atoms with Gasteiger partial charge in [-0.25, -0.2) is 4.98 Å². The number of aliphatic hydroxyl groups is 1. The first kappa shape index (κ1) is 18.8. The minimum Gasteiger partial charge on any atom is -0.396 e. The van der Waals surface area contributed by atoms with Crippen molar-refractivity contribution in [2.75, 3.05) is 19.7 Å². The number of piperidine rings is 1. The maximum atomic E-state index is 9.89. The molecule has 6 heteroatoms. The van der Waals surface area contributed by atoms with Gasteiger partial charge < -0.3 is 10.4 Å². The second-order valence-electron chi connectivity index (χ2n) is 7.06. The molecular weight excluding hydrogens is 374 g/mol. The molecule has 2 N–H and O–H groups in total. The third-order valence-corrected chi connectivity index (χ3v) is 7.06. The van der Waals surface area contributed by atoms with Gasteiger partial charge in [-0.2, -0.15) is 0 Å². The molecular formula is C21H25N3OS2. The van der Waals surface area contributed by atoms with Gasteiger partial charge in [0.2, 0.25) is 0 Å². The van der Waals surface area contributed by atoms with E-state index in [9.17, 15) is 5.11 Å². The predicted octanol–water partition coefficient (Wildman–Crippen LogP) is 3.84. The molecule has 0 spiro atoms. The summed E-state index contributed by atoms with van der Waals surface area (Å²) in [5.41, 5.74) is 2.43. The number of aromatic nitrogens is 1. The smallest absolute Gasteiger partial charge is 0.133 e. The summed E-state index contributed by atoms with van der Waals surface area (Å²) in [6.07, 6.45) is 1.06. The van der Waals surface area contributed by atoms with E-state index in [2.05, 4.69) is 63.4 Å². The van der Waals surface area contributed by atoms with Crippen LogP contribution in [0.5, 0.6) is 0 Å². The maximum Gasteiger partial charge on any atom is 0.133 e. The van der Waals surface area contributed by atoms with Crippen LogP contribution in [-0.2, 0) is 13.1 Å². The van der Waals surface area contributed by atoms with E-state index in [1.165, 1.54) is 10.4 Å². The van der Waals surface area contributed by atoms with Crippen LogP contribution in [0.2, 0.25) is 0 Å². The van der Waals surface area contributed by atoms with Crippen molar-refractivity contribution in [3.63, 3.8) is 0 Å². The van der Waals surface area contributed by atoms with Crippen molar-refractivity contribution in [3.05, 3.63) is 64.5 Å².